The van der Waals surface area contributed by atoms with Crippen LogP contribution in [0.2, 0.25) is 0 Å². The Bertz CT molecular complexity index is 315. The van der Waals surface area contributed by atoms with Gasteiger partial charge in [0.05, 0.1) is 5.69 Å². The second kappa shape index (κ2) is 4.31. The van der Waals surface area contributed by atoms with Gasteiger partial charge >= 0.3 is 0 Å². The van der Waals surface area contributed by atoms with Crippen molar-refractivity contribution in [3.8, 4) is 0 Å². The van der Waals surface area contributed by atoms with E-state index in [2.05, 4.69) is 15.5 Å². The molecule has 1 saturated carbocycles. The number of rotatable bonds is 3. The zero-order chi connectivity index (χ0) is 10.8. The largest absolute Gasteiger partial charge is 0.310 e. The molecular formula is C11H18FN3. The minimum absolute atomic E-state index is 0.341. The lowest BCUT2D eigenvalue weighted by atomic mass is 10.1. The fraction of sp³-hybridized carbons (Fsp3) is 0.727. The summed E-state index contributed by atoms with van der Waals surface area (Å²) in [4.78, 5) is 0. The highest BCUT2D eigenvalue weighted by atomic mass is 19.1. The number of alkyl halides is 1. The SMILES string of the molecule is Cc1n[nH]c(C)c1CNC1CCC(F)C1. The first-order valence-electron chi connectivity index (χ1n) is 5.54. The van der Waals surface area contributed by atoms with Gasteiger partial charge in [-0.3, -0.25) is 5.10 Å². The molecule has 2 N–H and O–H groups in total. The average molecular weight is 211 g/mol. The van der Waals surface area contributed by atoms with E-state index in [1.54, 1.807) is 0 Å². The lowest BCUT2D eigenvalue weighted by Crippen LogP contribution is -2.26. The summed E-state index contributed by atoms with van der Waals surface area (Å²) < 4.78 is 12.9. The van der Waals surface area contributed by atoms with Gasteiger partial charge in [0, 0.05) is 23.8 Å². The monoisotopic (exact) mass is 211 g/mol. The minimum atomic E-state index is -0.603. The first kappa shape index (κ1) is 10.6. The van der Waals surface area contributed by atoms with Gasteiger partial charge in [-0.1, -0.05) is 0 Å². The number of aryl methyl sites for hydroxylation is 2. The van der Waals surface area contributed by atoms with Crippen molar-refractivity contribution < 1.29 is 4.39 Å². The van der Waals surface area contributed by atoms with Crippen LogP contribution in [0, 0.1) is 13.8 Å². The van der Waals surface area contributed by atoms with Crippen molar-refractivity contribution in [2.45, 2.75) is 51.9 Å². The third kappa shape index (κ3) is 2.37. The van der Waals surface area contributed by atoms with E-state index < -0.39 is 6.17 Å². The molecule has 1 aliphatic carbocycles. The van der Waals surface area contributed by atoms with Gasteiger partial charge in [-0.2, -0.15) is 5.10 Å². The molecule has 0 aromatic carbocycles. The highest BCUT2D eigenvalue weighted by molar-refractivity contribution is 5.22. The number of H-pyrrole nitrogens is 1. The van der Waals surface area contributed by atoms with Crippen LogP contribution < -0.4 is 5.32 Å². The average Bonchev–Trinajstić information content (AvgIpc) is 2.73. The maximum atomic E-state index is 12.9. The standard InChI is InChI=1S/C11H18FN3/c1-7-11(8(2)15-14-7)6-13-10-4-3-9(12)5-10/h9-10,13H,3-6H2,1-2H3,(H,14,15). The highest BCUT2D eigenvalue weighted by Crippen LogP contribution is 2.22. The number of hydrogen-bond acceptors (Lipinski definition) is 2. The molecule has 2 atom stereocenters. The van der Waals surface area contributed by atoms with Crippen LogP contribution in [0.3, 0.4) is 0 Å². The topological polar surface area (TPSA) is 40.7 Å². The summed E-state index contributed by atoms with van der Waals surface area (Å²) >= 11 is 0. The predicted molar refractivity (Wildman–Crippen MR) is 57.4 cm³/mol. The Balaban J connectivity index is 1.88. The lowest BCUT2D eigenvalue weighted by Gasteiger charge is -2.11. The fourth-order valence-corrected chi connectivity index (χ4v) is 2.19. The number of aromatic amines is 1. The summed E-state index contributed by atoms with van der Waals surface area (Å²) in [6.45, 7) is 4.81. The molecule has 15 heavy (non-hydrogen) atoms. The van der Waals surface area contributed by atoms with Crippen molar-refractivity contribution >= 4 is 0 Å². The first-order valence-corrected chi connectivity index (χ1v) is 5.54. The van der Waals surface area contributed by atoms with Crippen LogP contribution in [0.4, 0.5) is 4.39 Å². The van der Waals surface area contributed by atoms with E-state index in [9.17, 15) is 4.39 Å². The normalized spacial score (nSPS) is 26.1. The van der Waals surface area contributed by atoms with Crippen LogP contribution in [0.15, 0.2) is 0 Å². The zero-order valence-corrected chi connectivity index (χ0v) is 9.31. The lowest BCUT2D eigenvalue weighted by molar-refractivity contribution is 0.333. The van der Waals surface area contributed by atoms with Crippen LogP contribution in [-0.4, -0.2) is 22.4 Å². The van der Waals surface area contributed by atoms with E-state index in [4.69, 9.17) is 0 Å². The summed E-state index contributed by atoms with van der Waals surface area (Å²) in [5.41, 5.74) is 3.36. The van der Waals surface area contributed by atoms with Crippen molar-refractivity contribution in [2.75, 3.05) is 0 Å². The van der Waals surface area contributed by atoms with Crippen molar-refractivity contribution in [1.29, 1.82) is 0 Å². The third-order valence-electron chi connectivity index (χ3n) is 3.22. The van der Waals surface area contributed by atoms with Gasteiger partial charge < -0.3 is 5.32 Å². The maximum absolute atomic E-state index is 12.9. The number of halogens is 1. The Kier molecular flexibility index (Phi) is 3.05. The summed E-state index contributed by atoms with van der Waals surface area (Å²) in [7, 11) is 0. The predicted octanol–water partition coefficient (Wildman–Crippen LogP) is 2.01. The molecule has 1 fully saturated rings. The van der Waals surface area contributed by atoms with E-state index >= 15 is 0 Å². The van der Waals surface area contributed by atoms with Gasteiger partial charge in [0.2, 0.25) is 0 Å². The summed E-state index contributed by atoms with van der Waals surface area (Å²) in [6.07, 6.45) is 1.72. The van der Waals surface area contributed by atoms with Gasteiger partial charge in [-0.05, 0) is 33.1 Å². The van der Waals surface area contributed by atoms with E-state index in [-0.39, 0.29) is 0 Å². The number of nitrogens with one attached hydrogen (secondary N) is 2. The zero-order valence-electron chi connectivity index (χ0n) is 9.31. The molecule has 3 nitrogen and oxygen atoms in total. The number of hydrogen-bond donors (Lipinski definition) is 2. The van der Waals surface area contributed by atoms with Crippen LogP contribution in [0.5, 0.6) is 0 Å². The van der Waals surface area contributed by atoms with Gasteiger partial charge in [0.1, 0.15) is 6.17 Å². The Morgan fingerprint density at radius 2 is 2.27 bits per heavy atom. The molecule has 1 aromatic rings. The van der Waals surface area contributed by atoms with Crippen molar-refractivity contribution in [3.63, 3.8) is 0 Å². The molecule has 4 heteroatoms. The molecule has 0 aliphatic heterocycles. The molecule has 1 aliphatic rings. The maximum Gasteiger partial charge on any atom is 0.102 e. The van der Waals surface area contributed by atoms with Gasteiger partial charge in [-0.15, -0.1) is 0 Å². The van der Waals surface area contributed by atoms with Crippen LogP contribution in [0.25, 0.3) is 0 Å². The molecule has 1 aromatic heterocycles. The van der Waals surface area contributed by atoms with E-state index in [1.165, 1.54) is 5.56 Å². The van der Waals surface area contributed by atoms with Crippen LogP contribution in [0.1, 0.15) is 36.2 Å². The van der Waals surface area contributed by atoms with Crippen LogP contribution in [-0.2, 0) is 6.54 Å². The molecular weight excluding hydrogens is 193 g/mol. The number of aromatic nitrogens is 2. The van der Waals surface area contributed by atoms with E-state index in [0.717, 1.165) is 24.4 Å². The van der Waals surface area contributed by atoms with E-state index in [0.29, 0.717) is 18.9 Å². The molecule has 2 rings (SSSR count). The van der Waals surface area contributed by atoms with Gasteiger partial charge in [0.25, 0.3) is 0 Å². The Morgan fingerprint density at radius 1 is 1.47 bits per heavy atom. The van der Waals surface area contributed by atoms with Crippen molar-refractivity contribution in [2.24, 2.45) is 0 Å². The molecule has 0 bridgehead atoms. The van der Waals surface area contributed by atoms with Crippen molar-refractivity contribution in [1.82, 2.24) is 15.5 Å². The summed E-state index contributed by atoms with van der Waals surface area (Å²) in [6, 6.07) is 0.341. The summed E-state index contributed by atoms with van der Waals surface area (Å²) in [5, 5.41) is 10.5. The fourth-order valence-electron chi connectivity index (χ4n) is 2.19. The molecule has 0 amide bonds. The van der Waals surface area contributed by atoms with E-state index in [1.807, 2.05) is 13.8 Å². The Morgan fingerprint density at radius 3 is 2.80 bits per heavy atom. The second-order valence-corrected chi connectivity index (χ2v) is 4.40. The third-order valence-corrected chi connectivity index (χ3v) is 3.22. The molecule has 0 radical (unpaired) electrons. The molecule has 84 valence electrons. The Labute approximate surface area is 89.5 Å². The molecule has 0 spiro atoms. The Hall–Kier alpha value is -0.900. The minimum Gasteiger partial charge on any atom is -0.310 e. The first-order chi connectivity index (χ1) is 7.16. The van der Waals surface area contributed by atoms with Gasteiger partial charge in [0.15, 0.2) is 0 Å². The molecule has 2 unspecified atom stereocenters. The number of nitrogens with zero attached hydrogens (tertiary/aromatic N) is 1. The highest BCUT2D eigenvalue weighted by Gasteiger charge is 2.23. The summed E-state index contributed by atoms with van der Waals surface area (Å²) in [5.74, 6) is 0. The second-order valence-electron chi connectivity index (χ2n) is 4.40. The quantitative estimate of drug-likeness (QED) is 0.803. The molecule has 1 heterocycles. The molecule has 0 saturated heterocycles. The van der Waals surface area contributed by atoms with Gasteiger partial charge in [-0.25, -0.2) is 4.39 Å². The smallest absolute Gasteiger partial charge is 0.102 e. The van der Waals surface area contributed by atoms with Crippen molar-refractivity contribution in [3.05, 3.63) is 17.0 Å². The van der Waals surface area contributed by atoms with Crippen LogP contribution >= 0.6 is 0 Å².